The maximum atomic E-state index is 12.5. The van der Waals surface area contributed by atoms with Crippen molar-refractivity contribution in [3.05, 3.63) is 18.0 Å². The number of primary sulfonamides is 1. The van der Waals surface area contributed by atoms with E-state index in [2.05, 4.69) is 5.32 Å². The lowest BCUT2D eigenvalue weighted by Gasteiger charge is -2.28. The molecular formula is C14H23N3O3S. The number of sulfonamides is 1. The molecule has 1 amide bonds. The number of nitrogens with one attached hydrogen (secondary N) is 1. The van der Waals surface area contributed by atoms with Crippen LogP contribution in [0, 0.1) is 0 Å². The number of aromatic nitrogens is 1. The van der Waals surface area contributed by atoms with E-state index < -0.39 is 10.0 Å². The Labute approximate surface area is 125 Å². The molecule has 1 saturated carbocycles. The molecule has 1 fully saturated rings. The summed E-state index contributed by atoms with van der Waals surface area (Å²) in [6.45, 7) is 6.01. The van der Waals surface area contributed by atoms with Gasteiger partial charge >= 0.3 is 0 Å². The van der Waals surface area contributed by atoms with Gasteiger partial charge in [0.25, 0.3) is 5.91 Å². The predicted molar refractivity (Wildman–Crippen MR) is 80.5 cm³/mol. The molecule has 0 bridgehead atoms. The SMILES string of the molecule is CCC(C)(CC)NC(=O)c1cc(S(N)(=O)=O)cn1C1CC1. The molecule has 118 valence electrons. The third-order valence-electron chi connectivity index (χ3n) is 4.30. The molecule has 1 aliphatic rings. The van der Waals surface area contributed by atoms with Gasteiger partial charge in [0.05, 0.1) is 0 Å². The van der Waals surface area contributed by atoms with Gasteiger partial charge in [-0.1, -0.05) is 13.8 Å². The van der Waals surface area contributed by atoms with Crippen LogP contribution in [-0.2, 0) is 10.0 Å². The highest BCUT2D eigenvalue weighted by Gasteiger charge is 2.31. The van der Waals surface area contributed by atoms with Crippen LogP contribution in [0.2, 0.25) is 0 Å². The summed E-state index contributed by atoms with van der Waals surface area (Å²) >= 11 is 0. The Hall–Kier alpha value is -1.34. The Balaban J connectivity index is 2.34. The van der Waals surface area contributed by atoms with Crippen LogP contribution in [-0.4, -0.2) is 24.4 Å². The summed E-state index contributed by atoms with van der Waals surface area (Å²) in [5.74, 6) is -0.247. The van der Waals surface area contributed by atoms with Crippen molar-refractivity contribution in [2.24, 2.45) is 5.14 Å². The number of hydrogen-bond donors (Lipinski definition) is 2. The fraction of sp³-hybridized carbons (Fsp3) is 0.643. The molecule has 7 heteroatoms. The number of hydrogen-bond acceptors (Lipinski definition) is 3. The molecular weight excluding hydrogens is 290 g/mol. The summed E-state index contributed by atoms with van der Waals surface area (Å²) < 4.78 is 24.7. The number of carbonyl (C=O) groups excluding carboxylic acids is 1. The van der Waals surface area contributed by atoms with Crippen LogP contribution >= 0.6 is 0 Å². The number of rotatable bonds is 6. The lowest BCUT2D eigenvalue weighted by molar-refractivity contribution is 0.0891. The fourth-order valence-corrected chi connectivity index (χ4v) is 2.75. The number of nitrogens with two attached hydrogens (primary N) is 1. The van der Waals surface area contributed by atoms with Gasteiger partial charge in [-0.15, -0.1) is 0 Å². The summed E-state index contributed by atoms with van der Waals surface area (Å²) in [6.07, 6.45) is 5.00. The van der Waals surface area contributed by atoms with Crippen molar-refractivity contribution in [1.82, 2.24) is 9.88 Å². The highest BCUT2D eigenvalue weighted by atomic mass is 32.2. The van der Waals surface area contributed by atoms with E-state index in [0.29, 0.717) is 5.69 Å². The van der Waals surface area contributed by atoms with Crippen LogP contribution < -0.4 is 10.5 Å². The average molecular weight is 313 g/mol. The van der Waals surface area contributed by atoms with Gasteiger partial charge < -0.3 is 9.88 Å². The lowest BCUT2D eigenvalue weighted by Crippen LogP contribution is -2.45. The van der Waals surface area contributed by atoms with Gasteiger partial charge in [0.15, 0.2) is 0 Å². The molecule has 0 unspecified atom stereocenters. The molecule has 1 aromatic rings. The van der Waals surface area contributed by atoms with Crippen molar-refractivity contribution in [3.8, 4) is 0 Å². The zero-order valence-electron chi connectivity index (χ0n) is 12.7. The molecule has 21 heavy (non-hydrogen) atoms. The second-order valence-corrected chi connectivity index (χ2v) is 7.53. The van der Waals surface area contributed by atoms with Crippen molar-refractivity contribution in [2.75, 3.05) is 0 Å². The van der Waals surface area contributed by atoms with Crippen LogP contribution in [0.1, 0.15) is 63.0 Å². The first-order chi connectivity index (χ1) is 9.70. The first-order valence-corrected chi connectivity index (χ1v) is 8.82. The second-order valence-electron chi connectivity index (χ2n) is 5.97. The molecule has 0 atom stereocenters. The topological polar surface area (TPSA) is 94.2 Å². The minimum Gasteiger partial charge on any atom is -0.346 e. The van der Waals surface area contributed by atoms with Gasteiger partial charge in [0.1, 0.15) is 10.6 Å². The largest absolute Gasteiger partial charge is 0.346 e. The number of amides is 1. The van der Waals surface area contributed by atoms with Crippen molar-refractivity contribution in [1.29, 1.82) is 0 Å². The van der Waals surface area contributed by atoms with Crippen molar-refractivity contribution in [3.63, 3.8) is 0 Å². The minimum atomic E-state index is -3.80. The van der Waals surface area contributed by atoms with Crippen LogP contribution in [0.4, 0.5) is 0 Å². The second kappa shape index (κ2) is 5.46. The third-order valence-corrected chi connectivity index (χ3v) is 5.18. The summed E-state index contributed by atoms with van der Waals surface area (Å²) in [7, 11) is -3.80. The van der Waals surface area contributed by atoms with Crippen molar-refractivity contribution < 1.29 is 13.2 Å². The quantitative estimate of drug-likeness (QED) is 0.838. The van der Waals surface area contributed by atoms with E-state index in [4.69, 9.17) is 5.14 Å². The van der Waals surface area contributed by atoms with E-state index >= 15 is 0 Å². The molecule has 1 aliphatic carbocycles. The van der Waals surface area contributed by atoms with Gasteiger partial charge in [-0.05, 0) is 38.7 Å². The summed E-state index contributed by atoms with van der Waals surface area (Å²) in [6, 6.07) is 1.57. The Morgan fingerprint density at radius 1 is 1.43 bits per heavy atom. The molecule has 0 radical (unpaired) electrons. The summed E-state index contributed by atoms with van der Waals surface area (Å²) in [5.41, 5.74) is 0.0759. The Morgan fingerprint density at radius 3 is 2.43 bits per heavy atom. The Morgan fingerprint density at radius 2 is 2.00 bits per heavy atom. The highest BCUT2D eigenvalue weighted by molar-refractivity contribution is 7.89. The Bertz CT molecular complexity index is 640. The zero-order chi connectivity index (χ0) is 15.8. The summed E-state index contributed by atoms with van der Waals surface area (Å²) in [5, 5.41) is 8.17. The van der Waals surface area contributed by atoms with Gasteiger partial charge in [-0.2, -0.15) is 0 Å². The van der Waals surface area contributed by atoms with E-state index in [1.807, 2.05) is 20.8 Å². The molecule has 0 aromatic carbocycles. The van der Waals surface area contributed by atoms with E-state index in [1.54, 1.807) is 4.57 Å². The molecule has 1 aromatic heterocycles. The smallest absolute Gasteiger partial charge is 0.268 e. The summed E-state index contributed by atoms with van der Waals surface area (Å²) in [4.78, 5) is 12.5. The predicted octanol–water partition coefficient (Wildman–Crippen LogP) is 1.78. The maximum Gasteiger partial charge on any atom is 0.268 e. The van der Waals surface area contributed by atoms with Crippen LogP contribution in [0.25, 0.3) is 0 Å². The maximum absolute atomic E-state index is 12.5. The normalized spacial score (nSPS) is 16.0. The molecule has 2 rings (SSSR count). The van der Waals surface area contributed by atoms with Crippen LogP contribution in [0.15, 0.2) is 17.2 Å². The molecule has 3 N–H and O–H groups in total. The molecule has 6 nitrogen and oxygen atoms in total. The van der Waals surface area contributed by atoms with E-state index in [0.717, 1.165) is 25.7 Å². The number of carbonyl (C=O) groups is 1. The highest BCUT2D eigenvalue weighted by Crippen LogP contribution is 2.37. The van der Waals surface area contributed by atoms with Gasteiger partial charge in [0.2, 0.25) is 10.0 Å². The fourth-order valence-electron chi connectivity index (χ4n) is 2.21. The van der Waals surface area contributed by atoms with E-state index in [9.17, 15) is 13.2 Å². The van der Waals surface area contributed by atoms with Gasteiger partial charge in [0, 0.05) is 17.8 Å². The van der Waals surface area contributed by atoms with Crippen molar-refractivity contribution >= 4 is 15.9 Å². The molecule has 0 spiro atoms. The zero-order valence-corrected chi connectivity index (χ0v) is 13.5. The first kappa shape index (κ1) is 16.0. The molecule has 1 heterocycles. The van der Waals surface area contributed by atoms with E-state index in [-0.39, 0.29) is 22.4 Å². The molecule has 0 aliphatic heterocycles. The lowest BCUT2D eigenvalue weighted by atomic mass is 9.95. The standard InChI is InChI=1S/C14H23N3O3S/c1-4-14(3,5-2)16-13(18)12-8-11(21(15,19)20)9-17(12)10-6-7-10/h8-10H,4-7H2,1-3H3,(H,16,18)(H2,15,19,20). The van der Waals surface area contributed by atoms with Crippen LogP contribution in [0.3, 0.4) is 0 Å². The average Bonchev–Trinajstić information content (AvgIpc) is 3.15. The number of nitrogens with zero attached hydrogens (tertiary/aromatic N) is 1. The third kappa shape index (κ3) is 3.47. The molecule has 0 saturated heterocycles. The van der Waals surface area contributed by atoms with Crippen molar-refractivity contribution in [2.45, 2.75) is 62.9 Å². The van der Waals surface area contributed by atoms with Gasteiger partial charge in [-0.25, -0.2) is 13.6 Å². The van der Waals surface area contributed by atoms with E-state index in [1.165, 1.54) is 12.3 Å². The first-order valence-electron chi connectivity index (χ1n) is 7.27. The van der Waals surface area contributed by atoms with Gasteiger partial charge in [-0.3, -0.25) is 4.79 Å². The minimum absolute atomic E-state index is 0.00532. The van der Waals surface area contributed by atoms with Crippen LogP contribution in [0.5, 0.6) is 0 Å². The monoisotopic (exact) mass is 313 g/mol. The Kier molecular flexibility index (Phi) is 4.17.